The highest BCUT2D eigenvalue weighted by atomic mass is 16.5. The van der Waals surface area contributed by atoms with Crippen LogP contribution in [0.15, 0.2) is 59.6 Å². The molecule has 1 atom stereocenters. The third-order valence-corrected chi connectivity index (χ3v) is 3.34. The van der Waals surface area contributed by atoms with Gasteiger partial charge in [0.15, 0.2) is 5.96 Å². The molecule has 2 rings (SSSR count). The molecule has 1 amide bonds. The minimum absolute atomic E-state index is 0.222. The fourth-order valence-electron chi connectivity index (χ4n) is 2.24. The zero-order chi connectivity index (χ0) is 15.9. The first-order valence-electron chi connectivity index (χ1n) is 6.91. The molecule has 0 aliphatic heterocycles. The minimum atomic E-state index is -0.420. The number of rotatable bonds is 5. The second-order valence-electron chi connectivity index (χ2n) is 4.89. The van der Waals surface area contributed by atoms with Gasteiger partial charge in [0, 0.05) is 0 Å². The van der Waals surface area contributed by atoms with Crippen molar-refractivity contribution in [1.29, 1.82) is 0 Å². The van der Waals surface area contributed by atoms with E-state index in [9.17, 15) is 4.79 Å². The van der Waals surface area contributed by atoms with Crippen molar-refractivity contribution in [2.75, 3.05) is 7.11 Å². The van der Waals surface area contributed by atoms with E-state index in [0.717, 1.165) is 16.9 Å². The lowest BCUT2D eigenvalue weighted by atomic mass is 9.91. The highest BCUT2D eigenvalue weighted by molar-refractivity contribution is 5.95. The molecular formula is C17H19N3O2. The third kappa shape index (κ3) is 4.09. The SMILES string of the molecule is COc1ccc(C[C@H](C(=O)N=C(N)N)c2ccccc2)cc1. The predicted molar refractivity (Wildman–Crippen MR) is 86.7 cm³/mol. The number of nitrogens with two attached hydrogens (primary N) is 2. The number of amides is 1. The first kappa shape index (κ1) is 15.6. The molecule has 114 valence electrons. The molecule has 5 heteroatoms. The van der Waals surface area contributed by atoms with Crippen LogP contribution in [0, 0.1) is 0 Å². The van der Waals surface area contributed by atoms with E-state index in [1.807, 2.05) is 54.6 Å². The van der Waals surface area contributed by atoms with Gasteiger partial charge in [0.2, 0.25) is 0 Å². The summed E-state index contributed by atoms with van der Waals surface area (Å²) in [5.41, 5.74) is 12.6. The third-order valence-electron chi connectivity index (χ3n) is 3.34. The second-order valence-corrected chi connectivity index (χ2v) is 4.89. The monoisotopic (exact) mass is 297 g/mol. The molecular weight excluding hydrogens is 278 g/mol. The topological polar surface area (TPSA) is 90.7 Å². The van der Waals surface area contributed by atoms with Crippen LogP contribution >= 0.6 is 0 Å². The minimum Gasteiger partial charge on any atom is -0.497 e. The number of methoxy groups -OCH3 is 1. The number of ether oxygens (including phenoxy) is 1. The van der Waals surface area contributed by atoms with Crippen molar-refractivity contribution in [2.24, 2.45) is 16.5 Å². The summed E-state index contributed by atoms with van der Waals surface area (Å²) in [6, 6.07) is 17.1. The van der Waals surface area contributed by atoms with Crippen LogP contribution in [-0.2, 0) is 11.2 Å². The highest BCUT2D eigenvalue weighted by Gasteiger charge is 2.20. The summed E-state index contributed by atoms with van der Waals surface area (Å²) in [5, 5.41) is 0. The number of benzene rings is 2. The van der Waals surface area contributed by atoms with Crippen molar-refractivity contribution in [3.8, 4) is 5.75 Å². The summed E-state index contributed by atoms with van der Waals surface area (Å²) >= 11 is 0. The summed E-state index contributed by atoms with van der Waals surface area (Å²) in [6.07, 6.45) is 0.517. The molecule has 2 aromatic rings. The first-order chi connectivity index (χ1) is 10.6. The largest absolute Gasteiger partial charge is 0.497 e. The van der Waals surface area contributed by atoms with E-state index in [4.69, 9.17) is 16.2 Å². The van der Waals surface area contributed by atoms with Gasteiger partial charge in [-0.05, 0) is 29.7 Å². The van der Waals surface area contributed by atoms with Crippen LogP contribution in [-0.4, -0.2) is 19.0 Å². The number of carbonyl (C=O) groups is 1. The van der Waals surface area contributed by atoms with Gasteiger partial charge in [0.25, 0.3) is 5.91 Å². The Morgan fingerprint density at radius 1 is 1.09 bits per heavy atom. The molecule has 0 radical (unpaired) electrons. The summed E-state index contributed by atoms with van der Waals surface area (Å²) < 4.78 is 5.14. The van der Waals surface area contributed by atoms with E-state index < -0.39 is 5.92 Å². The van der Waals surface area contributed by atoms with Crippen LogP contribution in [0.1, 0.15) is 17.0 Å². The molecule has 2 aromatic carbocycles. The molecule has 0 heterocycles. The number of nitrogens with zero attached hydrogens (tertiary/aromatic N) is 1. The van der Waals surface area contributed by atoms with Crippen molar-refractivity contribution < 1.29 is 9.53 Å². The van der Waals surface area contributed by atoms with Gasteiger partial charge in [0.1, 0.15) is 5.75 Å². The van der Waals surface area contributed by atoms with E-state index in [-0.39, 0.29) is 11.9 Å². The van der Waals surface area contributed by atoms with Gasteiger partial charge in [-0.3, -0.25) is 4.79 Å². The van der Waals surface area contributed by atoms with Crippen molar-refractivity contribution in [3.05, 3.63) is 65.7 Å². The van der Waals surface area contributed by atoms with E-state index in [0.29, 0.717) is 6.42 Å². The van der Waals surface area contributed by atoms with Crippen molar-refractivity contribution in [1.82, 2.24) is 0 Å². The van der Waals surface area contributed by atoms with E-state index in [1.54, 1.807) is 7.11 Å². The zero-order valence-electron chi connectivity index (χ0n) is 12.4. The number of hydrogen-bond donors (Lipinski definition) is 2. The number of hydrogen-bond acceptors (Lipinski definition) is 2. The Morgan fingerprint density at radius 3 is 2.27 bits per heavy atom. The van der Waals surface area contributed by atoms with Crippen molar-refractivity contribution >= 4 is 11.9 Å². The normalized spacial score (nSPS) is 11.5. The summed E-state index contributed by atoms with van der Waals surface area (Å²) in [7, 11) is 1.62. The summed E-state index contributed by atoms with van der Waals surface area (Å²) in [6.45, 7) is 0. The van der Waals surface area contributed by atoms with Gasteiger partial charge in [0.05, 0.1) is 13.0 Å². The molecule has 0 saturated carbocycles. The first-order valence-corrected chi connectivity index (χ1v) is 6.91. The molecule has 22 heavy (non-hydrogen) atoms. The Balaban J connectivity index is 2.28. The standard InChI is InChI=1S/C17H19N3O2/c1-22-14-9-7-12(8-10-14)11-15(16(21)20-17(18)19)13-5-3-2-4-6-13/h2-10,15H,11H2,1H3,(H4,18,19,20,21)/t15-/m0/s1. The number of guanidine groups is 1. The maximum Gasteiger partial charge on any atom is 0.256 e. The summed E-state index contributed by atoms with van der Waals surface area (Å²) in [5.74, 6) is -0.213. The molecule has 0 aliphatic rings. The molecule has 0 saturated heterocycles. The van der Waals surface area contributed by atoms with Crippen LogP contribution in [0.2, 0.25) is 0 Å². The van der Waals surface area contributed by atoms with E-state index in [1.165, 1.54) is 0 Å². The lowest BCUT2D eigenvalue weighted by molar-refractivity contribution is -0.119. The molecule has 5 nitrogen and oxygen atoms in total. The Bertz CT molecular complexity index is 647. The number of carbonyl (C=O) groups excluding carboxylic acids is 1. The smallest absolute Gasteiger partial charge is 0.256 e. The van der Waals surface area contributed by atoms with Gasteiger partial charge < -0.3 is 16.2 Å². The van der Waals surface area contributed by atoms with Crippen molar-refractivity contribution in [3.63, 3.8) is 0 Å². The average Bonchev–Trinajstić information content (AvgIpc) is 2.53. The van der Waals surface area contributed by atoms with E-state index in [2.05, 4.69) is 4.99 Å². The Kier molecular flexibility index (Phi) is 5.14. The van der Waals surface area contributed by atoms with Gasteiger partial charge >= 0.3 is 0 Å². The van der Waals surface area contributed by atoms with Crippen LogP contribution in [0.5, 0.6) is 5.75 Å². The van der Waals surface area contributed by atoms with Crippen LogP contribution in [0.4, 0.5) is 0 Å². The zero-order valence-corrected chi connectivity index (χ0v) is 12.4. The number of aliphatic imine (C=N–C) groups is 1. The van der Waals surface area contributed by atoms with Crippen LogP contribution in [0.25, 0.3) is 0 Å². The molecule has 0 fully saturated rings. The Hall–Kier alpha value is -2.82. The maximum absolute atomic E-state index is 12.3. The summed E-state index contributed by atoms with van der Waals surface area (Å²) in [4.78, 5) is 16.0. The van der Waals surface area contributed by atoms with Gasteiger partial charge in [-0.1, -0.05) is 42.5 Å². The lowest BCUT2D eigenvalue weighted by Crippen LogP contribution is -2.26. The lowest BCUT2D eigenvalue weighted by Gasteiger charge is -2.14. The predicted octanol–water partition coefficient (Wildman–Crippen LogP) is 1.82. The molecule has 0 unspecified atom stereocenters. The maximum atomic E-state index is 12.3. The molecule has 0 bridgehead atoms. The quantitative estimate of drug-likeness (QED) is 0.650. The van der Waals surface area contributed by atoms with Crippen LogP contribution < -0.4 is 16.2 Å². The van der Waals surface area contributed by atoms with Crippen molar-refractivity contribution in [2.45, 2.75) is 12.3 Å². The average molecular weight is 297 g/mol. The van der Waals surface area contributed by atoms with Gasteiger partial charge in [-0.25, -0.2) is 0 Å². The van der Waals surface area contributed by atoms with Crippen LogP contribution in [0.3, 0.4) is 0 Å². The Morgan fingerprint density at radius 2 is 1.73 bits per heavy atom. The second kappa shape index (κ2) is 7.26. The molecule has 0 aromatic heterocycles. The van der Waals surface area contributed by atoms with Gasteiger partial charge in [-0.15, -0.1) is 0 Å². The highest BCUT2D eigenvalue weighted by Crippen LogP contribution is 2.23. The van der Waals surface area contributed by atoms with E-state index >= 15 is 0 Å². The fraction of sp³-hybridized carbons (Fsp3) is 0.176. The van der Waals surface area contributed by atoms with Gasteiger partial charge in [-0.2, -0.15) is 4.99 Å². The molecule has 0 aliphatic carbocycles. The fourth-order valence-corrected chi connectivity index (χ4v) is 2.24. The molecule has 0 spiro atoms. The Labute approximate surface area is 129 Å². The molecule has 4 N–H and O–H groups in total.